The van der Waals surface area contributed by atoms with E-state index in [1.54, 1.807) is 17.0 Å². The summed E-state index contributed by atoms with van der Waals surface area (Å²) in [7, 11) is 0. The van der Waals surface area contributed by atoms with E-state index in [4.69, 9.17) is 5.73 Å². The topological polar surface area (TPSA) is 125 Å². The maximum Gasteiger partial charge on any atom is 0.325 e. The van der Waals surface area contributed by atoms with Crippen molar-refractivity contribution in [2.24, 2.45) is 11.7 Å². The van der Waals surface area contributed by atoms with Gasteiger partial charge >= 0.3 is 12.1 Å². The van der Waals surface area contributed by atoms with Crippen LogP contribution in [-0.4, -0.2) is 46.3 Å². The minimum absolute atomic E-state index is 0.0309. The third-order valence-corrected chi connectivity index (χ3v) is 7.93. The van der Waals surface area contributed by atoms with Crippen molar-refractivity contribution in [3.63, 3.8) is 0 Å². The van der Waals surface area contributed by atoms with E-state index in [0.29, 0.717) is 31.0 Å². The van der Waals surface area contributed by atoms with Crippen LogP contribution in [0.25, 0.3) is 0 Å². The Kier molecular flexibility index (Phi) is 6.15. The van der Waals surface area contributed by atoms with Crippen LogP contribution < -0.4 is 16.4 Å². The first kappa shape index (κ1) is 23.8. The van der Waals surface area contributed by atoms with Gasteiger partial charge in [-0.15, -0.1) is 0 Å². The average molecular weight is 490 g/mol. The molecule has 0 bridgehead atoms. The molecule has 2 fully saturated rings. The van der Waals surface area contributed by atoms with Gasteiger partial charge in [0.1, 0.15) is 12.1 Å². The Morgan fingerprint density at radius 1 is 1.17 bits per heavy atom. The smallest absolute Gasteiger partial charge is 0.325 e. The summed E-state index contributed by atoms with van der Waals surface area (Å²) in [6.07, 6.45) is 4.44. The molecule has 1 saturated carbocycles. The van der Waals surface area contributed by atoms with Gasteiger partial charge in [0.15, 0.2) is 0 Å². The summed E-state index contributed by atoms with van der Waals surface area (Å²) in [4.78, 5) is 54.1. The highest BCUT2D eigenvalue weighted by molar-refractivity contribution is 6.10. The Labute approximate surface area is 210 Å². The van der Waals surface area contributed by atoms with E-state index in [1.165, 1.54) is 0 Å². The monoisotopic (exact) mass is 489 g/mol. The first-order valence-electron chi connectivity index (χ1n) is 12.5. The van der Waals surface area contributed by atoms with E-state index in [2.05, 4.69) is 10.6 Å². The van der Waals surface area contributed by atoms with Gasteiger partial charge in [-0.2, -0.15) is 0 Å². The van der Waals surface area contributed by atoms with Crippen LogP contribution in [0, 0.1) is 5.92 Å². The van der Waals surface area contributed by atoms with Crippen LogP contribution in [0.2, 0.25) is 0 Å². The lowest BCUT2D eigenvalue weighted by Gasteiger charge is -2.39. The molecule has 6 amide bonds. The molecule has 5 rings (SSSR count). The summed E-state index contributed by atoms with van der Waals surface area (Å²) in [5.41, 5.74) is 7.41. The maximum absolute atomic E-state index is 13.6. The number of primary amides is 1. The average Bonchev–Trinajstić information content (AvgIpc) is 3.30. The number of carbonyl (C=O) groups is 4. The molecule has 3 aliphatic rings. The molecule has 1 aliphatic heterocycles. The zero-order valence-electron chi connectivity index (χ0n) is 20.3. The predicted octanol–water partition coefficient (Wildman–Crippen LogP) is 3.09. The molecule has 2 aliphatic carbocycles. The first-order valence-corrected chi connectivity index (χ1v) is 12.5. The van der Waals surface area contributed by atoms with E-state index < -0.39 is 17.6 Å². The molecule has 4 N–H and O–H groups in total. The van der Waals surface area contributed by atoms with Crippen LogP contribution in [0.5, 0.6) is 0 Å². The molecular weight excluding hydrogens is 458 g/mol. The number of aryl methyl sites for hydroxylation is 1. The molecule has 0 radical (unpaired) electrons. The molecule has 2 atom stereocenters. The fraction of sp³-hybridized carbons (Fsp3) is 0.407. The molecule has 1 spiro atoms. The lowest BCUT2D eigenvalue weighted by atomic mass is 9.79. The van der Waals surface area contributed by atoms with E-state index in [-0.39, 0.29) is 24.4 Å². The van der Waals surface area contributed by atoms with Gasteiger partial charge in [-0.3, -0.25) is 14.5 Å². The molecule has 1 unspecified atom stereocenters. The van der Waals surface area contributed by atoms with Crippen LogP contribution in [-0.2, 0) is 28.1 Å². The number of hydrogen-bond donors (Lipinski definition) is 3. The fourth-order valence-corrected chi connectivity index (χ4v) is 5.63. The molecule has 0 aromatic heterocycles. The SMILES string of the molecule is C[C@@H](C1CCC1)N(Cc1ccc(NC(N)=O)cc1)C(=O)CN1C(=O)NC2(CCc3ccccc32)C1=O. The van der Waals surface area contributed by atoms with E-state index in [9.17, 15) is 19.2 Å². The van der Waals surface area contributed by atoms with Crippen molar-refractivity contribution in [3.05, 3.63) is 65.2 Å². The van der Waals surface area contributed by atoms with Crippen molar-refractivity contribution in [1.82, 2.24) is 15.1 Å². The number of nitrogens with zero attached hydrogens (tertiary/aromatic N) is 2. The number of urea groups is 2. The number of fused-ring (bicyclic) bond motifs is 2. The van der Waals surface area contributed by atoms with Crippen molar-refractivity contribution in [3.8, 4) is 0 Å². The molecule has 9 heteroatoms. The quantitative estimate of drug-likeness (QED) is 0.517. The number of nitrogens with one attached hydrogen (secondary N) is 2. The number of hydrogen-bond acceptors (Lipinski definition) is 4. The largest absolute Gasteiger partial charge is 0.351 e. The van der Waals surface area contributed by atoms with Crippen LogP contribution >= 0.6 is 0 Å². The maximum atomic E-state index is 13.6. The van der Waals surface area contributed by atoms with Gasteiger partial charge < -0.3 is 21.3 Å². The molecule has 188 valence electrons. The van der Waals surface area contributed by atoms with Gasteiger partial charge in [0.25, 0.3) is 5.91 Å². The Morgan fingerprint density at radius 3 is 2.56 bits per heavy atom. The van der Waals surface area contributed by atoms with Crippen molar-refractivity contribution in [2.75, 3.05) is 11.9 Å². The van der Waals surface area contributed by atoms with Crippen molar-refractivity contribution < 1.29 is 19.2 Å². The number of anilines is 1. The summed E-state index contributed by atoms with van der Waals surface area (Å²) in [5.74, 6) is -0.231. The number of amides is 6. The van der Waals surface area contributed by atoms with Crippen molar-refractivity contribution in [2.45, 2.75) is 57.2 Å². The van der Waals surface area contributed by atoms with E-state index >= 15 is 0 Å². The molecule has 2 aromatic carbocycles. The Bertz CT molecular complexity index is 1210. The van der Waals surface area contributed by atoms with E-state index in [0.717, 1.165) is 40.9 Å². The third-order valence-electron chi connectivity index (χ3n) is 7.93. The van der Waals surface area contributed by atoms with Crippen LogP contribution in [0.15, 0.2) is 48.5 Å². The molecule has 2 aromatic rings. The Hall–Kier alpha value is -3.88. The van der Waals surface area contributed by atoms with Gasteiger partial charge in [-0.1, -0.05) is 42.8 Å². The minimum Gasteiger partial charge on any atom is -0.351 e. The van der Waals surface area contributed by atoms with Crippen molar-refractivity contribution >= 4 is 29.6 Å². The fourth-order valence-electron chi connectivity index (χ4n) is 5.63. The van der Waals surface area contributed by atoms with Gasteiger partial charge in [-0.25, -0.2) is 9.59 Å². The Morgan fingerprint density at radius 2 is 1.89 bits per heavy atom. The van der Waals surface area contributed by atoms with Gasteiger partial charge in [-0.05, 0) is 67.3 Å². The first-order chi connectivity index (χ1) is 17.3. The second kappa shape index (κ2) is 9.29. The van der Waals surface area contributed by atoms with Gasteiger partial charge in [0, 0.05) is 18.3 Å². The number of carbonyl (C=O) groups excluding carboxylic acids is 4. The minimum atomic E-state index is -1.08. The zero-order valence-corrected chi connectivity index (χ0v) is 20.3. The number of rotatable bonds is 7. The zero-order chi connectivity index (χ0) is 25.4. The highest BCUT2D eigenvalue weighted by Gasteiger charge is 2.55. The highest BCUT2D eigenvalue weighted by Crippen LogP contribution is 2.41. The lowest BCUT2D eigenvalue weighted by molar-refractivity contribution is -0.142. The molecule has 9 nitrogen and oxygen atoms in total. The molecule has 1 heterocycles. The van der Waals surface area contributed by atoms with Gasteiger partial charge in [0.05, 0.1) is 0 Å². The molecule has 1 saturated heterocycles. The van der Waals surface area contributed by atoms with Crippen molar-refractivity contribution in [1.29, 1.82) is 0 Å². The summed E-state index contributed by atoms with van der Waals surface area (Å²) in [6.45, 7) is 2.07. The third kappa shape index (κ3) is 4.19. The summed E-state index contributed by atoms with van der Waals surface area (Å²) >= 11 is 0. The van der Waals surface area contributed by atoms with Crippen LogP contribution in [0.4, 0.5) is 15.3 Å². The number of nitrogens with two attached hydrogens (primary N) is 1. The molecular formula is C27H31N5O4. The highest BCUT2D eigenvalue weighted by atomic mass is 16.2. The number of benzene rings is 2. The summed E-state index contributed by atoms with van der Waals surface area (Å²) in [6, 6.07) is 13.6. The normalized spacial score (nSPS) is 21.6. The Balaban J connectivity index is 1.34. The summed E-state index contributed by atoms with van der Waals surface area (Å²) < 4.78 is 0. The lowest BCUT2D eigenvalue weighted by Crippen LogP contribution is -2.49. The van der Waals surface area contributed by atoms with Gasteiger partial charge in [0.2, 0.25) is 5.91 Å². The summed E-state index contributed by atoms with van der Waals surface area (Å²) in [5, 5.41) is 5.42. The van der Waals surface area contributed by atoms with Crippen LogP contribution in [0.1, 0.15) is 49.3 Å². The second-order valence-corrected chi connectivity index (χ2v) is 10.0. The standard InChI is InChI=1S/C27H31N5O4/c1-17(19-6-4-7-19)31(15-18-9-11-21(12-10-18)29-25(28)35)23(33)16-32-24(34)27(30-26(32)36)14-13-20-5-2-3-8-22(20)27/h2-3,5,8-12,17,19H,4,6-7,13-16H2,1H3,(H,30,36)(H3,28,29,35)/t17-,27?/m0/s1. The molecule has 36 heavy (non-hydrogen) atoms. The van der Waals surface area contributed by atoms with E-state index in [1.807, 2.05) is 43.3 Å². The predicted molar refractivity (Wildman–Crippen MR) is 134 cm³/mol. The number of imide groups is 1. The van der Waals surface area contributed by atoms with Crippen LogP contribution in [0.3, 0.4) is 0 Å². The second-order valence-electron chi connectivity index (χ2n) is 10.0.